The van der Waals surface area contributed by atoms with Gasteiger partial charge in [0.15, 0.2) is 11.6 Å². The summed E-state index contributed by atoms with van der Waals surface area (Å²) in [5.41, 5.74) is 8.11. The lowest BCUT2D eigenvalue weighted by molar-refractivity contribution is 0.436. The van der Waals surface area contributed by atoms with E-state index in [-0.39, 0.29) is 0 Å². The summed E-state index contributed by atoms with van der Waals surface area (Å²) in [7, 11) is 0. The molecule has 0 aliphatic heterocycles. The number of nitrogens with two attached hydrogens (primary N) is 1. The molecule has 0 unspecified atom stereocenters. The van der Waals surface area contributed by atoms with Crippen molar-refractivity contribution in [3.63, 3.8) is 0 Å². The van der Waals surface area contributed by atoms with Gasteiger partial charge < -0.3 is 10.3 Å². The first-order chi connectivity index (χ1) is 9.68. The second-order valence-corrected chi connectivity index (χ2v) is 5.05. The standard InChI is InChI=1S/C15H10Cl2N2O/c16-10-7-4-8-11(17)13(10)14-12(15(18)19-20-14)9-5-2-1-3-6-9/h1-8H,(H2,18,19). The summed E-state index contributed by atoms with van der Waals surface area (Å²) < 4.78 is 5.35. The van der Waals surface area contributed by atoms with Crippen LogP contribution in [0.3, 0.4) is 0 Å². The van der Waals surface area contributed by atoms with Crippen LogP contribution in [0.4, 0.5) is 5.82 Å². The molecular formula is C15H10Cl2N2O. The molecule has 1 aromatic heterocycles. The SMILES string of the molecule is Nc1noc(-c2c(Cl)cccc2Cl)c1-c1ccccc1. The number of benzene rings is 2. The van der Waals surface area contributed by atoms with Gasteiger partial charge in [-0.1, -0.05) is 64.8 Å². The minimum atomic E-state index is 0.308. The molecule has 0 saturated heterocycles. The minimum absolute atomic E-state index is 0.308. The van der Waals surface area contributed by atoms with Gasteiger partial charge >= 0.3 is 0 Å². The van der Waals surface area contributed by atoms with Crippen molar-refractivity contribution in [2.45, 2.75) is 0 Å². The zero-order valence-corrected chi connectivity index (χ0v) is 11.8. The van der Waals surface area contributed by atoms with E-state index in [0.29, 0.717) is 32.8 Å². The number of anilines is 1. The molecule has 0 aliphatic carbocycles. The van der Waals surface area contributed by atoms with Gasteiger partial charge in [-0.3, -0.25) is 0 Å². The molecule has 3 aromatic rings. The van der Waals surface area contributed by atoms with Crippen molar-refractivity contribution < 1.29 is 4.52 Å². The maximum Gasteiger partial charge on any atom is 0.179 e. The zero-order chi connectivity index (χ0) is 14.1. The van der Waals surface area contributed by atoms with E-state index in [1.165, 1.54) is 0 Å². The number of halogens is 2. The molecule has 1 heterocycles. The summed E-state index contributed by atoms with van der Waals surface area (Å²) in [6.45, 7) is 0. The third kappa shape index (κ3) is 2.15. The van der Waals surface area contributed by atoms with Crippen LogP contribution < -0.4 is 5.73 Å². The van der Waals surface area contributed by atoms with Crippen molar-refractivity contribution in [3.8, 4) is 22.5 Å². The lowest BCUT2D eigenvalue weighted by atomic mass is 10.0. The van der Waals surface area contributed by atoms with E-state index < -0.39 is 0 Å². The molecule has 3 nitrogen and oxygen atoms in total. The molecule has 0 aliphatic rings. The van der Waals surface area contributed by atoms with Gasteiger partial charge in [0.05, 0.1) is 21.2 Å². The molecule has 0 atom stereocenters. The van der Waals surface area contributed by atoms with E-state index in [2.05, 4.69) is 5.16 Å². The lowest BCUT2D eigenvalue weighted by Gasteiger charge is -2.06. The van der Waals surface area contributed by atoms with Gasteiger partial charge in [-0.2, -0.15) is 0 Å². The second-order valence-electron chi connectivity index (χ2n) is 4.23. The molecule has 100 valence electrons. The summed E-state index contributed by atoms with van der Waals surface area (Å²) in [6, 6.07) is 14.9. The van der Waals surface area contributed by atoms with E-state index in [9.17, 15) is 0 Å². The Morgan fingerprint density at radius 3 is 2.15 bits per heavy atom. The highest BCUT2D eigenvalue weighted by atomic mass is 35.5. The second kappa shape index (κ2) is 5.19. The van der Waals surface area contributed by atoms with E-state index in [4.69, 9.17) is 33.5 Å². The molecule has 0 fully saturated rings. The molecule has 20 heavy (non-hydrogen) atoms. The van der Waals surface area contributed by atoms with Gasteiger partial charge in [-0.25, -0.2) is 0 Å². The smallest absolute Gasteiger partial charge is 0.179 e. The van der Waals surface area contributed by atoms with Crippen LogP contribution in [-0.2, 0) is 0 Å². The monoisotopic (exact) mass is 304 g/mol. The Balaban J connectivity index is 2.27. The molecule has 2 N–H and O–H groups in total. The van der Waals surface area contributed by atoms with E-state index in [0.717, 1.165) is 5.56 Å². The highest BCUT2D eigenvalue weighted by Crippen LogP contribution is 2.42. The van der Waals surface area contributed by atoms with Crippen LogP contribution in [0.5, 0.6) is 0 Å². The molecule has 0 bridgehead atoms. The van der Waals surface area contributed by atoms with Crippen molar-refractivity contribution >= 4 is 29.0 Å². The van der Waals surface area contributed by atoms with Crippen molar-refractivity contribution in [1.29, 1.82) is 0 Å². The summed E-state index contributed by atoms with van der Waals surface area (Å²) in [5, 5.41) is 4.82. The molecule has 2 aromatic carbocycles. The van der Waals surface area contributed by atoms with Gasteiger partial charge in [0.2, 0.25) is 0 Å². The summed E-state index contributed by atoms with van der Waals surface area (Å²) >= 11 is 12.4. The maximum absolute atomic E-state index is 6.22. The van der Waals surface area contributed by atoms with Crippen LogP contribution in [-0.4, -0.2) is 5.16 Å². The van der Waals surface area contributed by atoms with Gasteiger partial charge in [-0.05, 0) is 17.7 Å². The fourth-order valence-electron chi connectivity index (χ4n) is 2.07. The molecule has 5 heteroatoms. The predicted molar refractivity (Wildman–Crippen MR) is 81.8 cm³/mol. The van der Waals surface area contributed by atoms with Crippen LogP contribution >= 0.6 is 23.2 Å². The van der Waals surface area contributed by atoms with Gasteiger partial charge in [0, 0.05) is 0 Å². The average Bonchev–Trinajstić information content (AvgIpc) is 2.81. The molecule has 3 rings (SSSR count). The topological polar surface area (TPSA) is 52.0 Å². The van der Waals surface area contributed by atoms with Gasteiger partial charge in [-0.15, -0.1) is 0 Å². The summed E-state index contributed by atoms with van der Waals surface area (Å²) in [4.78, 5) is 0. The Bertz CT molecular complexity index is 734. The number of rotatable bonds is 2. The fraction of sp³-hybridized carbons (Fsp3) is 0. The molecule has 0 radical (unpaired) electrons. The zero-order valence-electron chi connectivity index (χ0n) is 10.3. The highest BCUT2D eigenvalue weighted by molar-refractivity contribution is 6.39. The number of aromatic nitrogens is 1. The normalized spacial score (nSPS) is 10.7. The number of hydrogen-bond donors (Lipinski definition) is 1. The van der Waals surface area contributed by atoms with E-state index >= 15 is 0 Å². The van der Waals surface area contributed by atoms with Crippen LogP contribution in [0.1, 0.15) is 0 Å². The van der Waals surface area contributed by atoms with E-state index in [1.54, 1.807) is 18.2 Å². The quantitative estimate of drug-likeness (QED) is 0.732. The molecular weight excluding hydrogens is 295 g/mol. The van der Waals surface area contributed by atoms with Gasteiger partial charge in [0.25, 0.3) is 0 Å². The highest BCUT2D eigenvalue weighted by Gasteiger charge is 2.21. The minimum Gasteiger partial charge on any atom is -0.380 e. The van der Waals surface area contributed by atoms with Crippen LogP contribution in [0.25, 0.3) is 22.5 Å². The number of nitrogens with zero attached hydrogens (tertiary/aromatic N) is 1. The van der Waals surface area contributed by atoms with Crippen molar-refractivity contribution in [3.05, 3.63) is 58.6 Å². The third-order valence-electron chi connectivity index (χ3n) is 2.97. The van der Waals surface area contributed by atoms with Gasteiger partial charge in [0.1, 0.15) is 0 Å². The third-order valence-corrected chi connectivity index (χ3v) is 3.60. The van der Waals surface area contributed by atoms with Crippen molar-refractivity contribution in [2.75, 3.05) is 5.73 Å². The Hall–Kier alpha value is -1.97. The van der Waals surface area contributed by atoms with Crippen LogP contribution in [0, 0.1) is 0 Å². The maximum atomic E-state index is 6.22. The first-order valence-electron chi connectivity index (χ1n) is 5.93. The van der Waals surface area contributed by atoms with Crippen molar-refractivity contribution in [1.82, 2.24) is 5.16 Å². The largest absolute Gasteiger partial charge is 0.380 e. The fourth-order valence-corrected chi connectivity index (χ4v) is 2.64. The molecule has 0 amide bonds. The summed E-state index contributed by atoms with van der Waals surface area (Å²) in [6.07, 6.45) is 0. The first-order valence-corrected chi connectivity index (χ1v) is 6.69. The number of hydrogen-bond acceptors (Lipinski definition) is 3. The lowest BCUT2D eigenvalue weighted by Crippen LogP contribution is -1.89. The average molecular weight is 305 g/mol. The summed E-state index contributed by atoms with van der Waals surface area (Å²) in [5.74, 6) is 0.784. The molecule has 0 saturated carbocycles. The van der Waals surface area contributed by atoms with Crippen molar-refractivity contribution in [2.24, 2.45) is 0 Å². The van der Waals surface area contributed by atoms with Crippen LogP contribution in [0.15, 0.2) is 53.1 Å². The first kappa shape index (κ1) is 13.0. The van der Waals surface area contributed by atoms with E-state index in [1.807, 2.05) is 30.3 Å². The Morgan fingerprint density at radius 2 is 1.50 bits per heavy atom. The number of nitrogen functional groups attached to an aromatic ring is 1. The predicted octanol–water partition coefficient (Wildman–Crippen LogP) is 4.90. The Kier molecular flexibility index (Phi) is 3.38. The Morgan fingerprint density at radius 1 is 0.850 bits per heavy atom. The Labute approximate surface area is 125 Å². The molecule has 0 spiro atoms. The van der Waals surface area contributed by atoms with Crippen LogP contribution in [0.2, 0.25) is 10.0 Å².